The van der Waals surface area contributed by atoms with Crippen LogP contribution in [0.1, 0.15) is 24.3 Å². The van der Waals surface area contributed by atoms with E-state index in [0.717, 1.165) is 0 Å². The van der Waals surface area contributed by atoms with Crippen LogP contribution in [0, 0.1) is 5.41 Å². The molecule has 0 aliphatic carbocycles. The second-order valence-electron chi connectivity index (χ2n) is 5.16. The van der Waals surface area contributed by atoms with Gasteiger partial charge < -0.3 is 26.0 Å². The van der Waals surface area contributed by atoms with Gasteiger partial charge in [0.05, 0.1) is 11.7 Å². The molecule has 0 fully saturated rings. The average molecular weight is 297 g/mol. The highest BCUT2D eigenvalue weighted by molar-refractivity contribution is 5.84. The summed E-state index contributed by atoms with van der Waals surface area (Å²) in [6, 6.07) is -0.428. The first-order valence-electron chi connectivity index (χ1n) is 6.29. The highest BCUT2D eigenvalue weighted by Gasteiger charge is 2.25. The second kappa shape index (κ2) is 6.73. The maximum Gasteiger partial charge on any atom is 0.356 e. The Morgan fingerprint density at radius 3 is 2.57 bits per heavy atom. The molecule has 0 radical (unpaired) electrons. The number of aromatic carboxylic acids is 1. The van der Waals surface area contributed by atoms with E-state index in [1.807, 2.05) is 0 Å². The molecule has 0 saturated carbocycles. The van der Waals surface area contributed by atoms with E-state index in [0.29, 0.717) is 6.54 Å². The zero-order valence-electron chi connectivity index (χ0n) is 11.9. The molecule has 5 N–H and O–H groups in total. The summed E-state index contributed by atoms with van der Waals surface area (Å²) in [5, 5.41) is 13.8. The predicted molar refractivity (Wildman–Crippen MR) is 73.6 cm³/mol. The van der Waals surface area contributed by atoms with Crippen molar-refractivity contribution >= 4 is 17.9 Å². The zero-order valence-corrected chi connectivity index (χ0v) is 11.9. The standard InChI is InChI=1S/C12H19N5O4/c1-12(2,10(13)20)6-15-11(21)14-3-4-17-5-8(9(18)19)16-7-17/h5,7H,3-4,6H2,1-2H3,(H2,13,20)(H,18,19)(H2,14,15,21). The van der Waals surface area contributed by atoms with Gasteiger partial charge in [-0.2, -0.15) is 0 Å². The number of nitrogens with two attached hydrogens (primary N) is 1. The number of imidazole rings is 1. The van der Waals surface area contributed by atoms with Gasteiger partial charge in [-0.25, -0.2) is 14.6 Å². The van der Waals surface area contributed by atoms with Crippen molar-refractivity contribution in [1.82, 2.24) is 20.2 Å². The Labute approximate surface area is 121 Å². The fourth-order valence-electron chi connectivity index (χ4n) is 1.34. The molecule has 3 amide bonds. The maximum absolute atomic E-state index is 11.5. The quantitative estimate of drug-likeness (QED) is 0.531. The molecule has 1 aromatic heterocycles. The Morgan fingerprint density at radius 2 is 2.05 bits per heavy atom. The van der Waals surface area contributed by atoms with Gasteiger partial charge >= 0.3 is 12.0 Å². The summed E-state index contributed by atoms with van der Waals surface area (Å²) in [5.41, 5.74) is 4.32. The first-order valence-corrected chi connectivity index (χ1v) is 6.29. The van der Waals surface area contributed by atoms with E-state index >= 15 is 0 Å². The van der Waals surface area contributed by atoms with Crippen molar-refractivity contribution in [2.45, 2.75) is 20.4 Å². The van der Waals surface area contributed by atoms with Gasteiger partial charge in [0.2, 0.25) is 5.91 Å². The molecule has 1 rings (SSSR count). The number of amides is 3. The lowest BCUT2D eigenvalue weighted by Gasteiger charge is -2.20. The lowest BCUT2D eigenvalue weighted by atomic mass is 9.93. The monoisotopic (exact) mass is 297 g/mol. The van der Waals surface area contributed by atoms with E-state index in [2.05, 4.69) is 15.6 Å². The highest BCUT2D eigenvalue weighted by Crippen LogP contribution is 2.11. The van der Waals surface area contributed by atoms with Gasteiger partial charge in [-0.1, -0.05) is 0 Å². The van der Waals surface area contributed by atoms with E-state index in [1.165, 1.54) is 12.5 Å². The minimum absolute atomic E-state index is 0.0531. The smallest absolute Gasteiger partial charge is 0.356 e. The van der Waals surface area contributed by atoms with Gasteiger partial charge in [0.15, 0.2) is 5.69 Å². The summed E-state index contributed by atoms with van der Waals surface area (Å²) in [5.74, 6) is -1.60. The number of carboxylic acid groups (broad SMARTS) is 1. The third-order valence-electron chi connectivity index (χ3n) is 2.87. The topological polar surface area (TPSA) is 139 Å². The average Bonchev–Trinajstić information content (AvgIpc) is 2.85. The normalized spacial score (nSPS) is 11.0. The first-order chi connectivity index (χ1) is 9.72. The van der Waals surface area contributed by atoms with Gasteiger partial charge in [-0.05, 0) is 13.8 Å². The number of primary amides is 1. The molecule has 9 nitrogen and oxygen atoms in total. The minimum atomic E-state index is -1.10. The van der Waals surface area contributed by atoms with Crippen molar-refractivity contribution in [2.75, 3.05) is 13.1 Å². The van der Waals surface area contributed by atoms with Gasteiger partial charge in [0.25, 0.3) is 0 Å². The van der Waals surface area contributed by atoms with Gasteiger partial charge in [0.1, 0.15) is 0 Å². The van der Waals surface area contributed by atoms with Crippen LogP contribution in [0.25, 0.3) is 0 Å². The molecule has 0 aliphatic heterocycles. The van der Waals surface area contributed by atoms with Crippen LogP contribution < -0.4 is 16.4 Å². The van der Waals surface area contributed by atoms with Crippen LogP contribution in [0.2, 0.25) is 0 Å². The summed E-state index contributed by atoms with van der Waals surface area (Å²) in [6.45, 7) is 4.07. The molecule has 0 aliphatic rings. The summed E-state index contributed by atoms with van der Waals surface area (Å²) >= 11 is 0. The van der Waals surface area contributed by atoms with Gasteiger partial charge in [-0.3, -0.25) is 4.79 Å². The summed E-state index contributed by atoms with van der Waals surface area (Å²) in [7, 11) is 0. The van der Waals surface area contributed by atoms with Crippen LogP contribution >= 0.6 is 0 Å². The second-order valence-corrected chi connectivity index (χ2v) is 5.16. The molecule has 9 heteroatoms. The van der Waals surface area contributed by atoms with Crippen LogP contribution in [0.3, 0.4) is 0 Å². The lowest BCUT2D eigenvalue weighted by molar-refractivity contribution is -0.125. The van der Waals surface area contributed by atoms with E-state index in [-0.39, 0.29) is 18.8 Å². The van der Waals surface area contributed by atoms with E-state index < -0.39 is 23.3 Å². The largest absolute Gasteiger partial charge is 0.476 e. The van der Waals surface area contributed by atoms with Crippen molar-refractivity contribution < 1.29 is 19.5 Å². The van der Waals surface area contributed by atoms with Crippen LogP contribution in [0.5, 0.6) is 0 Å². The summed E-state index contributed by atoms with van der Waals surface area (Å²) in [4.78, 5) is 36.9. The number of urea groups is 1. The summed E-state index contributed by atoms with van der Waals surface area (Å²) < 4.78 is 1.55. The maximum atomic E-state index is 11.5. The van der Waals surface area contributed by atoms with E-state index in [9.17, 15) is 14.4 Å². The molecule has 0 aromatic carbocycles. The number of carboxylic acids is 1. The molecule has 0 spiro atoms. The molecular formula is C12H19N5O4. The van der Waals surface area contributed by atoms with Crippen molar-refractivity contribution in [2.24, 2.45) is 11.1 Å². The fraction of sp³-hybridized carbons (Fsp3) is 0.500. The van der Waals surface area contributed by atoms with Crippen molar-refractivity contribution in [3.05, 3.63) is 18.2 Å². The molecule has 0 saturated heterocycles. The lowest BCUT2D eigenvalue weighted by Crippen LogP contribution is -2.46. The van der Waals surface area contributed by atoms with E-state index in [1.54, 1.807) is 18.4 Å². The number of aromatic nitrogens is 2. The van der Waals surface area contributed by atoms with Gasteiger partial charge in [-0.15, -0.1) is 0 Å². The number of hydrogen-bond donors (Lipinski definition) is 4. The van der Waals surface area contributed by atoms with Crippen molar-refractivity contribution in [3.63, 3.8) is 0 Å². The van der Waals surface area contributed by atoms with Crippen molar-refractivity contribution in [3.8, 4) is 0 Å². The predicted octanol–water partition coefficient (Wildman–Crippen LogP) is -0.608. The Kier molecular flexibility index (Phi) is 5.28. The van der Waals surface area contributed by atoms with Crippen LogP contribution in [0.4, 0.5) is 4.79 Å². The first kappa shape index (κ1) is 16.5. The third-order valence-corrected chi connectivity index (χ3v) is 2.87. The highest BCUT2D eigenvalue weighted by atomic mass is 16.4. The molecule has 21 heavy (non-hydrogen) atoms. The van der Waals surface area contributed by atoms with E-state index in [4.69, 9.17) is 10.8 Å². The Morgan fingerprint density at radius 1 is 1.38 bits per heavy atom. The molecular weight excluding hydrogens is 278 g/mol. The molecule has 1 aromatic rings. The Hall–Kier alpha value is -2.58. The molecule has 0 unspecified atom stereocenters. The SMILES string of the molecule is CC(C)(CNC(=O)NCCn1cnc(C(=O)O)c1)C(N)=O. The molecule has 0 bridgehead atoms. The van der Waals surface area contributed by atoms with Crippen molar-refractivity contribution in [1.29, 1.82) is 0 Å². The van der Waals surface area contributed by atoms with Crippen LogP contribution in [-0.2, 0) is 11.3 Å². The number of rotatable bonds is 7. The Balaban J connectivity index is 2.30. The summed E-state index contributed by atoms with van der Waals surface area (Å²) in [6.07, 6.45) is 2.75. The number of hydrogen-bond acceptors (Lipinski definition) is 4. The number of carbonyl (C=O) groups excluding carboxylic acids is 2. The zero-order chi connectivity index (χ0) is 16.0. The molecule has 1 heterocycles. The van der Waals surface area contributed by atoms with Gasteiger partial charge in [0, 0.05) is 25.8 Å². The third kappa shape index (κ3) is 5.13. The van der Waals surface area contributed by atoms with Crippen LogP contribution in [0.15, 0.2) is 12.5 Å². The van der Waals surface area contributed by atoms with Crippen LogP contribution in [-0.4, -0.2) is 45.7 Å². The minimum Gasteiger partial charge on any atom is -0.476 e. The Bertz CT molecular complexity index is 538. The fourth-order valence-corrected chi connectivity index (χ4v) is 1.34. The number of nitrogens with zero attached hydrogens (tertiary/aromatic N) is 2. The number of carbonyl (C=O) groups is 3. The number of nitrogens with one attached hydrogen (secondary N) is 2. The molecule has 116 valence electrons. The molecule has 0 atom stereocenters.